The molecule has 1 amide bonds. The molecule has 166 valence electrons. The van der Waals surface area contributed by atoms with Gasteiger partial charge in [-0.3, -0.25) is 4.79 Å². The first-order valence-corrected chi connectivity index (χ1v) is 10.1. The Morgan fingerprint density at radius 3 is 2.56 bits per heavy atom. The Balaban J connectivity index is 1.65. The molecule has 0 unspecified atom stereocenters. The van der Waals surface area contributed by atoms with Crippen molar-refractivity contribution in [3.63, 3.8) is 0 Å². The zero-order chi connectivity index (χ0) is 22.9. The van der Waals surface area contributed by atoms with Crippen LogP contribution in [0, 0.1) is 0 Å². The molecule has 9 heteroatoms. The van der Waals surface area contributed by atoms with E-state index in [4.69, 9.17) is 4.42 Å². The van der Waals surface area contributed by atoms with Gasteiger partial charge in [-0.15, -0.1) is 0 Å². The molecule has 0 aliphatic heterocycles. The Hall–Kier alpha value is -3.62. The Morgan fingerprint density at radius 2 is 1.91 bits per heavy atom. The minimum atomic E-state index is -4.67. The molecule has 0 N–H and O–H groups in total. The quantitative estimate of drug-likeness (QED) is 0.417. The molecule has 1 aromatic carbocycles. The fraction of sp³-hybridized carbons (Fsp3) is 0.261. The molecule has 4 rings (SSSR count). The number of rotatable bonds is 6. The van der Waals surface area contributed by atoms with Crippen LogP contribution in [-0.4, -0.2) is 38.5 Å². The van der Waals surface area contributed by atoms with Crippen molar-refractivity contribution in [2.75, 3.05) is 7.05 Å². The molecule has 0 fully saturated rings. The Bertz CT molecular complexity index is 1220. The summed E-state index contributed by atoms with van der Waals surface area (Å²) in [6, 6.07) is 14.3. The number of benzene rings is 1. The number of furan rings is 1. The molecular weight excluding hydrogens is 421 g/mol. The molecule has 1 atom stereocenters. The van der Waals surface area contributed by atoms with E-state index in [1.165, 1.54) is 11.0 Å². The number of aromatic nitrogens is 3. The molecule has 32 heavy (non-hydrogen) atoms. The molecule has 0 spiro atoms. The molecule has 0 radical (unpaired) electrons. The van der Waals surface area contributed by atoms with Crippen LogP contribution in [0.3, 0.4) is 0 Å². The molecule has 0 bridgehead atoms. The Kier molecular flexibility index (Phi) is 5.73. The monoisotopic (exact) mass is 442 g/mol. The van der Waals surface area contributed by atoms with Crippen LogP contribution >= 0.6 is 0 Å². The number of hydrogen-bond donors (Lipinski definition) is 0. The van der Waals surface area contributed by atoms with E-state index < -0.39 is 17.8 Å². The van der Waals surface area contributed by atoms with Gasteiger partial charge in [0.1, 0.15) is 5.76 Å². The van der Waals surface area contributed by atoms with E-state index >= 15 is 0 Å². The van der Waals surface area contributed by atoms with Gasteiger partial charge in [-0.2, -0.15) is 18.3 Å². The maximum absolute atomic E-state index is 13.8. The lowest BCUT2D eigenvalue weighted by Gasteiger charge is -2.23. The average Bonchev–Trinajstić information content (AvgIpc) is 3.45. The summed E-state index contributed by atoms with van der Waals surface area (Å²) >= 11 is 0. The fourth-order valence-electron chi connectivity index (χ4n) is 3.42. The summed E-state index contributed by atoms with van der Waals surface area (Å²) in [4.78, 5) is 18.7. The smallest absolute Gasteiger partial charge is 0.433 e. The third-order valence-corrected chi connectivity index (χ3v) is 5.38. The minimum Gasteiger partial charge on any atom is -0.469 e. The van der Waals surface area contributed by atoms with Gasteiger partial charge in [0, 0.05) is 31.1 Å². The lowest BCUT2D eigenvalue weighted by atomic mass is 10.1. The summed E-state index contributed by atoms with van der Waals surface area (Å²) < 4.78 is 47.2. The largest absolute Gasteiger partial charge is 0.469 e. The number of aryl methyl sites for hydroxylation is 1. The van der Waals surface area contributed by atoms with Crippen LogP contribution in [0.5, 0.6) is 0 Å². The highest BCUT2D eigenvalue weighted by Crippen LogP contribution is 2.32. The van der Waals surface area contributed by atoms with Crippen LogP contribution in [0.25, 0.3) is 16.9 Å². The van der Waals surface area contributed by atoms with Crippen LogP contribution in [0.4, 0.5) is 13.2 Å². The van der Waals surface area contributed by atoms with Crippen LogP contribution < -0.4 is 0 Å². The lowest BCUT2D eigenvalue weighted by molar-refractivity contribution is -0.142. The molecular formula is C23H21F3N4O2. The highest BCUT2D eigenvalue weighted by atomic mass is 19.4. The molecule has 0 aliphatic carbocycles. The average molecular weight is 442 g/mol. The van der Waals surface area contributed by atoms with E-state index in [2.05, 4.69) is 10.1 Å². The van der Waals surface area contributed by atoms with Gasteiger partial charge in [0.15, 0.2) is 17.0 Å². The first kappa shape index (κ1) is 21.6. The van der Waals surface area contributed by atoms with Crippen molar-refractivity contribution in [2.24, 2.45) is 0 Å². The molecule has 6 nitrogen and oxygen atoms in total. The van der Waals surface area contributed by atoms with Crippen molar-refractivity contribution in [3.05, 3.63) is 78.0 Å². The van der Waals surface area contributed by atoms with Gasteiger partial charge >= 0.3 is 6.18 Å². The van der Waals surface area contributed by atoms with Crippen molar-refractivity contribution in [3.8, 4) is 11.3 Å². The molecule has 0 aliphatic rings. The summed E-state index contributed by atoms with van der Waals surface area (Å²) in [6.07, 6.45) is -1.82. The first-order valence-electron chi connectivity index (χ1n) is 10.1. The number of carbonyl (C=O) groups excluding carboxylic acids is 1. The van der Waals surface area contributed by atoms with Gasteiger partial charge in [-0.1, -0.05) is 30.3 Å². The van der Waals surface area contributed by atoms with Crippen molar-refractivity contribution < 1.29 is 22.4 Å². The number of nitrogens with zero attached hydrogens (tertiary/aromatic N) is 4. The Labute approximate surface area is 182 Å². The second-order valence-corrected chi connectivity index (χ2v) is 7.57. The first-order chi connectivity index (χ1) is 15.2. The van der Waals surface area contributed by atoms with Crippen molar-refractivity contribution in [1.82, 2.24) is 19.5 Å². The number of halogens is 3. The summed E-state index contributed by atoms with van der Waals surface area (Å²) in [6.45, 7) is 1.86. The summed E-state index contributed by atoms with van der Waals surface area (Å²) in [5, 5.41) is 3.95. The van der Waals surface area contributed by atoms with Crippen molar-refractivity contribution in [1.29, 1.82) is 0 Å². The maximum atomic E-state index is 13.8. The molecule has 3 aromatic heterocycles. The second kappa shape index (κ2) is 8.49. The highest BCUT2D eigenvalue weighted by molar-refractivity contribution is 5.93. The van der Waals surface area contributed by atoms with Gasteiger partial charge in [-0.25, -0.2) is 9.50 Å². The summed E-state index contributed by atoms with van der Waals surface area (Å²) in [5.41, 5.74) is -0.434. The van der Waals surface area contributed by atoms with E-state index in [9.17, 15) is 18.0 Å². The zero-order valence-electron chi connectivity index (χ0n) is 17.5. The molecule has 4 aromatic rings. The number of carbonyl (C=O) groups is 1. The fourth-order valence-corrected chi connectivity index (χ4v) is 3.42. The van der Waals surface area contributed by atoms with Crippen molar-refractivity contribution >= 4 is 11.6 Å². The normalized spacial score (nSPS) is 12.8. The van der Waals surface area contributed by atoms with Crippen LogP contribution in [0.2, 0.25) is 0 Å². The van der Waals surface area contributed by atoms with E-state index in [1.807, 2.05) is 13.0 Å². The molecule has 0 saturated carbocycles. The third-order valence-electron chi connectivity index (χ3n) is 5.38. The second-order valence-electron chi connectivity index (χ2n) is 7.57. The SMILES string of the molecule is C[C@@H](CCc1ccco1)N(C)C(=O)c1cc2nc(-c3ccccc3)cc(C(F)(F)F)n2n1. The Morgan fingerprint density at radius 1 is 1.16 bits per heavy atom. The van der Waals surface area contributed by atoms with Gasteiger partial charge < -0.3 is 9.32 Å². The number of alkyl halides is 3. The van der Waals surface area contributed by atoms with Crippen LogP contribution in [0.1, 0.15) is 35.3 Å². The van der Waals surface area contributed by atoms with Crippen LogP contribution in [-0.2, 0) is 12.6 Å². The summed E-state index contributed by atoms with van der Waals surface area (Å²) in [7, 11) is 1.60. The van der Waals surface area contributed by atoms with E-state index in [0.29, 0.717) is 22.9 Å². The predicted molar refractivity (Wildman–Crippen MR) is 112 cm³/mol. The van der Waals surface area contributed by atoms with E-state index in [1.54, 1.807) is 49.7 Å². The van der Waals surface area contributed by atoms with E-state index in [0.717, 1.165) is 11.8 Å². The van der Waals surface area contributed by atoms with Gasteiger partial charge in [0.2, 0.25) is 0 Å². The zero-order valence-corrected chi connectivity index (χ0v) is 17.5. The predicted octanol–water partition coefficient (Wildman–Crippen LogP) is 5.10. The van der Waals surface area contributed by atoms with Gasteiger partial charge in [-0.05, 0) is 31.5 Å². The van der Waals surface area contributed by atoms with Crippen LogP contribution in [0.15, 0.2) is 65.3 Å². The summed E-state index contributed by atoms with van der Waals surface area (Å²) in [5.74, 6) is 0.328. The topological polar surface area (TPSA) is 63.6 Å². The minimum absolute atomic E-state index is 0.0429. The molecule has 3 heterocycles. The maximum Gasteiger partial charge on any atom is 0.433 e. The van der Waals surface area contributed by atoms with Gasteiger partial charge in [0.05, 0.1) is 12.0 Å². The highest BCUT2D eigenvalue weighted by Gasteiger charge is 2.36. The van der Waals surface area contributed by atoms with Crippen molar-refractivity contribution in [2.45, 2.75) is 32.0 Å². The number of fused-ring (bicyclic) bond motifs is 1. The number of amides is 1. The van der Waals surface area contributed by atoms with E-state index in [-0.39, 0.29) is 23.1 Å². The third kappa shape index (κ3) is 4.37. The molecule has 0 saturated heterocycles. The standard InChI is InChI=1S/C23H21F3N4O2/c1-15(10-11-17-9-6-12-32-17)29(2)22(31)19-14-21-27-18(16-7-4-3-5-8-16)13-20(23(24,25)26)30(21)28-19/h3-9,12-15H,10-11H2,1-2H3/t15-/m0/s1. The lowest BCUT2D eigenvalue weighted by Crippen LogP contribution is -2.35. The number of hydrogen-bond acceptors (Lipinski definition) is 4. The van der Waals surface area contributed by atoms with Gasteiger partial charge in [0.25, 0.3) is 5.91 Å².